The smallest absolute Gasteiger partial charge is 0.335 e. The second kappa shape index (κ2) is 7.99. The van der Waals surface area contributed by atoms with Crippen molar-refractivity contribution >= 4 is 5.97 Å². The third-order valence-corrected chi connectivity index (χ3v) is 6.83. The number of pyridine rings is 1. The molecule has 0 radical (unpaired) electrons. The molecule has 4 aromatic rings. The molecule has 166 valence electrons. The number of H-pyrrole nitrogens is 1. The molecule has 1 aromatic carbocycles. The van der Waals surface area contributed by atoms with E-state index in [1.165, 1.54) is 35.4 Å². The number of nitrogens with zero attached hydrogens (tertiary/aromatic N) is 4. The van der Waals surface area contributed by atoms with Crippen molar-refractivity contribution in [2.75, 3.05) is 0 Å². The molecular formula is C26H25N5O2. The highest BCUT2D eigenvalue weighted by Crippen LogP contribution is 2.34. The molecule has 2 N–H and O–H groups in total. The predicted molar refractivity (Wildman–Crippen MR) is 125 cm³/mol. The summed E-state index contributed by atoms with van der Waals surface area (Å²) in [4.78, 5) is 16.3. The van der Waals surface area contributed by atoms with E-state index in [9.17, 15) is 9.90 Å². The van der Waals surface area contributed by atoms with E-state index in [2.05, 4.69) is 10.2 Å². The molecule has 0 aliphatic heterocycles. The minimum Gasteiger partial charge on any atom is -0.478 e. The number of fused-ring (bicyclic) bond motifs is 2. The van der Waals surface area contributed by atoms with Crippen LogP contribution in [0.1, 0.15) is 58.6 Å². The molecule has 33 heavy (non-hydrogen) atoms. The third-order valence-electron chi connectivity index (χ3n) is 6.83. The molecule has 0 spiro atoms. The second-order valence-corrected chi connectivity index (χ2v) is 8.89. The van der Waals surface area contributed by atoms with Crippen molar-refractivity contribution in [3.8, 4) is 28.5 Å². The largest absolute Gasteiger partial charge is 0.478 e. The number of rotatable bonds is 4. The van der Waals surface area contributed by atoms with Crippen LogP contribution in [0.4, 0.5) is 0 Å². The van der Waals surface area contributed by atoms with E-state index in [0.29, 0.717) is 0 Å². The van der Waals surface area contributed by atoms with E-state index in [0.717, 1.165) is 67.0 Å². The Balaban J connectivity index is 1.44. The van der Waals surface area contributed by atoms with E-state index in [1.807, 2.05) is 35.0 Å². The Kier molecular flexibility index (Phi) is 4.82. The van der Waals surface area contributed by atoms with E-state index in [4.69, 9.17) is 10.1 Å². The number of nitrogens with one attached hydrogen (secondary N) is 1. The van der Waals surface area contributed by atoms with Crippen LogP contribution >= 0.6 is 0 Å². The zero-order valence-electron chi connectivity index (χ0n) is 18.3. The minimum absolute atomic E-state index is 0.275. The SMILES string of the molecule is O=C(O)c1ccc(-n2nc(-c3cccc(-c4n[nH]c5c4CCCC5)n3)c3c2CCCC3)cc1. The van der Waals surface area contributed by atoms with Crippen LogP contribution < -0.4 is 0 Å². The highest BCUT2D eigenvalue weighted by atomic mass is 16.4. The Morgan fingerprint density at radius 1 is 0.848 bits per heavy atom. The molecule has 7 nitrogen and oxygen atoms in total. The average Bonchev–Trinajstić information content (AvgIpc) is 3.46. The maximum absolute atomic E-state index is 11.3. The second-order valence-electron chi connectivity index (χ2n) is 8.89. The van der Waals surface area contributed by atoms with E-state index in [1.54, 1.807) is 12.1 Å². The summed E-state index contributed by atoms with van der Waals surface area (Å²) in [5.74, 6) is -0.925. The zero-order chi connectivity index (χ0) is 22.4. The number of hydrogen-bond donors (Lipinski definition) is 2. The monoisotopic (exact) mass is 439 g/mol. The van der Waals surface area contributed by atoms with Gasteiger partial charge in [0.15, 0.2) is 0 Å². The number of carboxylic acids is 1. The van der Waals surface area contributed by atoms with Gasteiger partial charge >= 0.3 is 5.97 Å². The topological polar surface area (TPSA) is 96.7 Å². The third kappa shape index (κ3) is 3.44. The standard InChI is InChI=1S/C26H25N5O2/c32-26(33)16-12-14-17(15-13-16)31-23-11-4-2-7-19(23)25(30-31)22-10-5-9-21(27-22)24-18-6-1-3-8-20(18)28-29-24/h5,9-10,12-15H,1-4,6-8,11H2,(H,28,29)(H,32,33). The summed E-state index contributed by atoms with van der Waals surface area (Å²) in [5.41, 5.74) is 9.77. The molecule has 6 rings (SSSR count). The summed E-state index contributed by atoms with van der Waals surface area (Å²) >= 11 is 0. The van der Waals surface area contributed by atoms with Gasteiger partial charge in [0.05, 0.1) is 22.6 Å². The van der Waals surface area contributed by atoms with Crippen molar-refractivity contribution in [1.82, 2.24) is 25.0 Å². The van der Waals surface area contributed by atoms with E-state index in [-0.39, 0.29) is 5.56 Å². The van der Waals surface area contributed by atoms with E-state index >= 15 is 0 Å². The first-order valence-electron chi connectivity index (χ1n) is 11.7. The van der Waals surface area contributed by atoms with Crippen molar-refractivity contribution in [2.45, 2.75) is 51.4 Å². The van der Waals surface area contributed by atoms with Gasteiger partial charge in [0.1, 0.15) is 11.4 Å². The lowest BCUT2D eigenvalue weighted by Crippen LogP contribution is -2.08. The number of aromatic amines is 1. The lowest BCUT2D eigenvalue weighted by atomic mass is 9.94. The summed E-state index contributed by atoms with van der Waals surface area (Å²) in [5, 5.41) is 22.1. The number of aromatic nitrogens is 5. The summed E-state index contributed by atoms with van der Waals surface area (Å²) in [7, 11) is 0. The molecule has 0 saturated carbocycles. The highest BCUT2D eigenvalue weighted by Gasteiger charge is 2.24. The Morgan fingerprint density at radius 3 is 2.33 bits per heavy atom. The maximum atomic E-state index is 11.3. The molecule has 3 aromatic heterocycles. The Bertz CT molecular complexity index is 1350. The first-order valence-corrected chi connectivity index (χ1v) is 11.7. The Hall–Kier alpha value is -3.74. The first-order chi connectivity index (χ1) is 16.2. The first kappa shape index (κ1) is 19.9. The van der Waals surface area contributed by atoms with Crippen LogP contribution in [0.5, 0.6) is 0 Å². The van der Waals surface area contributed by atoms with Gasteiger partial charge in [-0.1, -0.05) is 6.07 Å². The normalized spacial score (nSPS) is 15.2. The maximum Gasteiger partial charge on any atom is 0.335 e. The Morgan fingerprint density at radius 2 is 1.55 bits per heavy atom. The van der Waals surface area contributed by atoms with Gasteiger partial charge in [-0.25, -0.2) is 14.5 Å². The van der Waals surface area contributed by atoms with E-state index < -0.39 is 5.97 Å². The summed E-state index contributed by atoms with van der Waals surface area (Å²) in [6.45, 7) is 0. The Labute approximate surface area is 191 Å². The molecule has 2 aliphatic rings. The summed E-state index contributed by atoms with van der Waals surface area (Å²) in [6, 6.07) is 13.0. The van der Waals surface area contributed by atoms with Gasteiger partial charge in [0.2, 0.25) is 0 Å². The van der Waals surface area contributed by atoms with Crippen molar-refractivity contribution < 1.29 is 9.90 Å². The van der Waals surface area contributed by atoms with Crippen LogP contribution in [0.3, 0.4) is 0 Å². The molecule has 0 atom stereocenters. The van der Waals surface area contributed by atoms with Crippen LogP contribution in [0, 0.1) is 0 Å². The van der Waals surface area contributed by atoms with Crippen LogP contribution in [-0.4, -0.2) is 36.0 Å². The predicted octanol–water partition coefficient (Wildman–Crippen LogP) is 4.78. The van der Waals surface area contributed by atoms with Gasteiger partial charge in [-0.15, -0.1) is 0 Å². The van der Waals surface area contributed by atoms with Gasteiger partial charge in [-0.05, 0) is 87.8 Å². The van der Waals surface area contributed by atoms with Crippen LogP contribution in [0.25, 0.3) is 28.5 Å². The van der Waals surface area contributed by atoms with Gasteiger partial charge in [0.25, 0.3) is 0 Å². The zero-order valence-corrected chi connectivity index (χ0v) is 18.3. The molecule has 0 saturated heterocycles. The molecule has 0 amide bonds. The molecule has 0 unspecified atom stereocenters. The van der Waals surface area contributed by atoms with Crippen LogP contribution in [0.15, 0.2) is 42.5 Å². The molecule has 0 bridgehead atoms. The fraction of sp³-hybridized carbons (Fsp3) is 0.308. The van der Waals surface area contributed by atoms with Gasteiger partial charge in [-0.2, -0.15) is 10.2 Å². The lowest BCUT2D eigenvalue weighted by Gasteiger charge is -2.14. The number of benzene rings is 1. The summed E-state index contributed by atoms with van der Waals surface area (Å²) < 4.78 is 1.97. The van der Waals surface area contributed by atoms with Crippen LogP contribution in [-0.2, 0) is 25.7 Å². The summed E-state index contributed by atoms with van der Waals surface area (Å²) in [6.07, 6.45) is 8.69. The number of hydrogen-bond acceptors (Lipinski definition) is 4. The molecule has 3 heterocycles. The van der Waals surface area contributed by atoms with Crippen molar-refractivity contribution in [3.63, 3.8) is 0 Å². The van der Waals surface area contributed by atoms with Gasteiger partial charge in [0, 0.05) is 22.5 Å². The minimum atomic E-state index is -0.925. The molecule has 2 aliphatic carbocycles. The number of carbonyl (C=O) groups is 1. The average molecular weight is 440 g/mol. The van der Waals surface area contributed by atoms with Crippen molar-refractivity contribution in [3.05, 3.63) is 70.5 Å². The van der Waals surface area contributed by atoms with Gasteiger partial charge < -0.3 is 5.11 Å². The fourth-order valence-corrected chi connectivity index (χ4v) is 5.15. The van der Waals surface area contributed by atoms with Crippen molar-refractivity contribution in [2.24, 2.45) is 0 Å². The molecule has 7 heteroatoms. The number of carboxylic acid groups (broad SMARTS) is 1. The lowest BCUT2D eigenvalue weighted by molar-refractivity contribution is 0.0697. The van der Waals surface area contributed by atoms with Gasteiger partial charge in [-0.3, -0.25) is 5.10 Å². The quantitative estimate of drug-likeness (QED) is 0.477. The number of aromatic carboxylic acids is 1. The fourth-order valence-electron chi connectivity index (χ4n) is 5.15. The molecular weight excluding hydrogens is 414 g/mol. The van der Waals surface area contributed by atoms with Crippen molar-refractivity contribution in [1.29, 1.82) is 0 Å². The van der Waals surface area contributed by atoms with Crippen LogP contribution in [0.2, 0.25) is 0 Å². The highest BCUT2D eigenvalue weighted by molar-refractivity contribution is 5.87. The molecule has 0 fully saturated rings. The number of aryl methyl sites for hydroxylation is 1.